The zero-order valence-corrected chi connectivity index (χ0v) is 14.3. The minimum atomic E-state index is -0.583. The Labute approximate surface area is 147 Å². The van der Waals surface area contributed by atoms with Crippen molar-refractivity contribution in [1.29, 1.82) is 5.26 Å². The molecule has 0 spiro atoms. The number of halogens is 1. The van der Waals surface area contributed by atoms with Crippen molar-refractivity contribution in [2.24, 2.45) is 0 Å². The molecule has 0 aliphatic heterocycles. The lowest BCUT2D eigenvalue weighted by molar-refractivity contribution is -0.112. The summed E-state index contributed by atoms with van der Waals surface area (Å²) >= 11 is 3.31. The van der Waals surface area contributed by atoms with E-state index in [9.17, 15) is 9.59 Å². The van der Waals surface area contributed by atoms with Crippen LogP contribution >= 0.6 is 15.9 Å². The number of nitriles is 1. The van der Waals surface area contributed by atoms with Crippen LogP contribution in [0.1, 0.15) is 17.3 Å². The van der Waals surface area contributed by atoms with E-state index < -0.39 is 5.91 Å². The van der Waals surface area contributed by atoms with Gasteiger partial charge in [0.05, 0.1) is 0 Å². The second-order valence-electron chi connectivity index (χ2n) is 4.76. The molecular formula is C17H13BrN4O2. The number of ketones is 1. The number of hydrogen-bond acceptors (Lipinski definition) is 5. The topological polar surface area (TPSA) is 94.9 Å². The average molecular weight is 385 g/mol. The molecule has 0 bridgehead atoms. The molecule has 0 aliphatic carbocycles. The number of rotatable bonds is 5. The third-order valence-corrected chi connectivity index (χ3v) is 3.47. The van der Waals surface area contributed by atoms with Gasteiger partial charge in [0.2, 0.25) is 0 Å². The highest BCUT2D eigenvalue weighted by atomic mass is 79.9. The van der Waals surface area contributed by atoms with E-state index in [1.807, 2.05) is 6.07 Å². The van der Waals surface area contributed by atoms with E-state index >= 15 is 0 Å². The molecule has 0 radical (unpaired) electrons. The van der Waals surface area contributed by atoms with Gasteiger partial charge in [-0.1, -0.05) is 28.1 Å². The highest BCUT2D eigenvalue weighted by molar-refractivity contribution is 9.10. The summed E-state index contributed by atoms with van der Waals surface area (Å²) in [6, 6.07) is 11.8. The molecule has 0 unspecified atom stereocenters. The molecule has 120 valence electrons. The summed E-state index contributed by atoms with van der Waals surface area (Å²) in [6.07, 6.45) is 2.86. The maximum atomic E-state index is 12.2. The second-order valence-corrected chi connectivity index (χ2v) is 5.68. The van der Waals surface area contributed by atoms with Crippen LogP contribution in [0.25, 0.3) is 0 Å². The Bertz CT molecular complexity index is 856. The number of nitrogens with zero attached hydrogens (tertiary/aromatic N) is 2. The number of nitrogens with one attached hydrogen (secondary N) is 2. The number of carbonyl (C=O) groups is 2. The first kappa shape index (κ1) is 17.4. The molecule has 1 amide bonds. The van der Waals surface area contributed by atoms with Crippen LogP contribution in [0.5, 0.6) is 0 Å². The fourth-order valence-electron chi connectivity index (χ4n) is 1.79. The quantitative estimate of drug-likeness (QED) is 0.467. The van der Waals surface area contributed by atoms with Gasteiger partial charge < -0.3 is 10.6 Å². The average Bonchev–Trinajstić information content (AvgIpc) is 2.55. The third-order valence-electron chi connectivity index (χ3n) is 2.98. The lowest BCUT2D eigenvalue weighted by Crippen LogP contribution is -2.15. The summed E-state index contributed by atoms with van der Waals surface area (Å²) in [6.45, 7) is 1.44. The van der Waals surface area contributed by atoms with Crippen LogP contribution in [0.15, 0.2) is 58.8 Å². The first-order valence-corrected chi connectivity index (χ1v) is 7.69. The van der Waals surface area contributed by atoms with E-state index in [2.05, 4.69) is 31.5 Å². The van der Waals surface area contributed by atoms with Crippen LogP contribution in [0, 0.1) is 11.3 Å². The van der Waals surface area contributed by atoms with Gasteiger partial charge in [-0.2, -0.15) is 5.26 Å². The number of benzene rings is 1. The number of hydrogen-bond donors (Lipinski definition) is 2. The fraction of sp³-hybridized carbons (Fsp3) is 0.0588. The molecule has 0 atom stereocenters. The molecule has 7 heteroatoms. The van der Waals surface area contributed by atoms with E-state index in [1.165, 1.54) is 13.1 Å². The molecule has 0 aliphatic rings. The van der Waals surface area contributed by atoms with Gasteiger partial charge in [-0.3, -0.25) is 9.59 Å². The molecule has 1 heterocycles. The molecule has 0 fully saturated rings. The van der Waals surface area contributed by atoms with E-state index in [-0.39, 0.29) is 11.4 Å². The summed E-state index contributed by atoms with van der Waals surface area (Å²) in [5.74, 6) is -0.200. The predicted molar refractivity (Wildman–Crippen MR) is 94.3 cm³/mol. The first-order chi connectivity index (χ1) is 11.5. The van der Waals surface area contributed by atoms with Crippen molar-refractivity contribution < 1.29 is 9.59 Å². The summed E-state index contributed by atoms with van der Waals surface area (Å²) in [5.41, 5.74) is 0.797. The Hall–Kier alpha value is -2.98. The smallest absolute Gasteiger partial charge is 0.267 e. The van der Waals surface area contributed by atoms with Crippen molar-refractivity contribution in [1.82, 2.24) is 4.98 Å². The lowest BCUT2D eigenvalue weighted by Gasteiger charge is -2.06. The van der Waals surface area contributed by atoms with Crippen LogP contribution in [0.4, 0.5) is 11.5 Å². The summed E-state index contributed by atoms with van der Waals surface area (Å²) in [7, 11) is 0. The van der Waals surface area contributed by atoms with Crippen molar-refractivity contribution in [2.75, 3.05) is 10.6 Å². The van der Waals surface area contributed by atoms with Crippen molar-refractivity contribution in [3.8, 4) is 6.07 Å². The largest absolute Gasteiger partial charge is 0.345 e. The molecule has 6 nitrogen and oxygen atoms in total. The van der Waals surface area contributed by atoms with Gasteiger partial charge in [0.15, 0.2) is 5.78 Å². The van der Waals surface area contributed by atoms with Crippen LogP contribution in [-0.4, -0.2) is 16.7 Å². The highest BCUT2D eigenvalue weighted by Crippen LogP contribution is 2.14. The summed E-state index contributed by atoms with van der Waals surface area (Å²) in [4.78, 5) is 27.6. The fourth-order valence-corrected chi connectivity index (χ4v) is 2.13. The highest BCUT2D eigenvalue weighted by Gasteiger charge is 2.10. The van der Waals surface area contributed by atoms with Crippen molar-refractivity contribution in [3.05, 3.63) is 64.4 Å². The Morgan fingerprint density at radius 3 is 2.75 bits per heavy atom. The van der Waals surface area contributed by atoms with E-state index in [0.29, 0.717) is 17.1 Å². The molecular weight excluding hydrogens is 372 g/mol. The molecule has 1 aromatic heterocycles. The Morgan fingerprint density at radius 2 is 2.08 bits per heavy atom. The second kappa shape index (κ2) is 8.04. The summed E-state index contributed by atoms with van der Waals surface area (Å²) in [5, 5.41) is 14.5. The number of amides is 1. The first-order valence-electron chi connectivity index (χ1n) is 6.90. The Balaban J connectivity index is 2.11. The maximum absolute atomic E-state index is 12.2. The molecule has 0 saturated heterocycles. The number of pyridine rings is 1. The lowest BCUT2D eigenvalue weighted by atomic mass is 10.1. The van der Waals surface area contributed by atoms with E-state index in [0.717, 1.165) is 4.47 Å². The normalized spacial score (nSPS) is 10.6. The molecule has 2 rings (SSSR count). The predicted octanol–water partition coefficient (Wildman–Crippen LogP) is 3.50. The number of Topliss-reactive ketones (excluding diaryl/α,β-unsaturated/α-hetero) is 1. The van der Waals surface area contributed by atoms with Crippen LogP contribution < -0.4 is 10.6 Å². The van der Waals surface area contributed by atoms with Crippen LogP contribution in [0.2, 0.25) is 0 Å². The monoisotopic (exact) mass is 384 g/mol. The molecule has 0 saturated carbocycles. The zero-order chi connectivity index (χ0) is 17.5. The molecule has 2 N–H and O–H groups in total. The minimum absolute atomic E-state index is 0.107. The SMILES string of the molecule is CC(=O)c1cccc(NC(=O)/C(C#N)=C\Nc2cc(Br)ccn2)c1. The minimum Gasteiger partial charge on any atom is -0.345 e. The maximum Gasteiger partial charge on any atom is 0.267 e. The van der Waals surface area contributed by atoms with Gasteiger partial charge in [-0.25, -0.2) is 4.98 Å². The van der Waals surface area contributed by atoms with Crippen LogP contribution in [0.3, 0.4) is 0 Å². The number of carbonyl (C=O) groups excluding carboxylic acids is 2. The Kier molecular flexibility index (Phi) is 5.82. The summed E-state index contributed by atoms with van der Waals surface area (Å²) < 4.78 is 0.817. The third kappa shape index (κ3) is 4.76. The van der Waals surface area contributed by atoms with Gasteiger partial charge in [0.25, 0.3) is 5.91 Å². The van der Waals surface area contributed by atoms with E-state index in [1.54, 1.807) is 42.6 Å². The van der Waals surface area contributed by atoms with Gasteiger partial charge >= 0.3 is 0 Å². The van der Waals surface area contributed by atoms with Gasteiger partial charge in [0.1, 0.15) is 17.5 Å². The molecule has 2 aromatic rings. The molecule has 1 aromatic carbocycles. The van der Waals surface area contributed by atoms with Crippen molar-refractivity contribution in [2.45, 2.75) is 6.92 Å². The van der Waals surface area contributed by atoms with Crippen LogP contribution in [-0.2, 0) is 4.79 Å². The van der Waals surface area contributed by atoms with Crippen molar-refractivity contribution in [3.63, 3.8) is 0 Å². The standard InChI is InChI=1S/C17H13BrN4O2/c1-11(23)12-3-2-4-15(7-12)22-17(24)13(9-19)10-21-16-8-14(18)5-6-20-16/h2-8,10H,1H3,(H,20,21)(H,22,24)/b13-10-. The number of anilines is 2. The zero-order valence-electron chi connectivity index (χ0n) is 12.7. The van der Waals surface area contributed by atoms with Gasteiger partial charge in [0, 0.05) is 28.1 Å². The molecule has 24 heavy (non-hydrogen) atoms. The van der Waals surface area contributed by atoms with E-state index in [4.69, 9.17) is 5.26 Å². The Morgan fingerprint density at radius 1 is 1.29 bits per heavy atom. The van der Waals surface area contributed by atoms with Crippen molar-refractivity contribution >= 4 is 39.1 Å². The number of aromatic nitrogens is 1. The van der Waals surface area contributed by atoms with Gasteiger partial charge in [-0.05, 0) is 31.2 Å². The van der Waals surface area contributed by atoms with Gasteiger partial charge in [-0.15, -0.1) is 0 Å².